The fraction of sp³-hybridized carbons (Fsp3) is 0.194. The van der Waals surface area contributed by atoms with Crippen molar-refractivity contribution in [3.8, 4) is 11.5 Å². The number of fused-ring (bicyclic) bond motifs is 1. The Labute approximate surface area is 242 Å². The molecule has 0 N–H and O–H groups in total. The lowest BCUT2D eigenvalue weighted by atomic mass is 9.96. The first-order valence-corrected chi connectivity index (χ1v) is 13.5. The largest absolute Gasteiger partial charge is 0.496 e. The summed E-state index contributed by atoms with van der Waals surface area (Å²) in [7, 11) is 2.76. The Morgan fingerprint density at radius 1 is 1.05 bits per heavy atom. The quantitative estimate of drug-likeness (QED) is 0.281. The SMILES string of the molecule is COC(=O)C1=C(C)N=c2sc(=Cc3ccc(OC)c(COc4cccc(C(F)(F)F)c4)c3)c(=O)n2C1c1ccccc1. The van der Waals surface area contributed by atoms with Gasteiger partial charge in [-0.3, -0.25) is 9.36 Å². The van der Waals surface area contributed by atoms with Crippen molar-refractivity contribution in [1.82, 2.24) is 4.57 Å². The predicted octanol–water partition coefficient (Wildman–Crippen LogP) is 5.01. The molecule has 1 unspecified atom stereocenters. The molecule has 4 aromatic rings. The maximum atomic E-state index is 13.8. The number of hydrogen-bond acceptors (Lipinski definition) is 7. The molecule has 1 aliphatic heterocycles. The van der Waals surface area contributed by atoms with Crippen molar-refractivity contribution in [3.63, 3.8) is 0 Å². The number of nitrogens with zero attached hydrogens (tertiary/aromatic N) is 2. The molecule has 2 heterocycles. The molecule has 0 spiro atoms. The summed E-state index contributed by atoms with van der Waals surface area (Å²) >= 11 is 1.18. The van der Waals surface area contributed by atoms with Crippen LogP contribution in [0.1, 0.15) is 35.2 Å². The molecule has 1 atom stereocenters. The highest BCUT2D eigenvalue weighted by molar-refractivity contribution is 7.07. The average Bonchev–Trinajstić information content (AvgIpc) is 3.29. The third-order valence-corrected chi connectivity index (χ3v) is 7.68. The van der Waals surface area contributed by atoms with Gasteiger partial charge in [0.15, 0.2) is 4.80 Å². The van der Waals surface area contributed by atoms with Gasteiger partial charge in [-0.2, -0.15) is 13.2 Å². The van der Waals surface area contributed by atoms with Gasteiger partial charge in [0, 0.05) is 5.56 Å². The van der Waals surface area contributed by atoms with Crippen molar-refractivity contribution in [2.24, 2.45) is 4.99 Å². The zero-order chi connectivity index (χ0) is 30.0. The van der Waals surface area contributed by atoms with Gasteiger partial charge < -0.3 is 14.2 Å². The van der Waals surface area contributed by atoms with Crippen LogP contribution >= 0.6 is 11.3 Å². The van der Waals surface area contributed by atoms with Crippen LogP contribution in [-0.2, 0) is 22.3 Å². The van der Waals surface area contributed by atoms with Crippen molar-refractivity contribution < 1.29 is 32.2 Å². The normalized spacial score (nSPS) is 15.2. The van der Waals surface area contributed by atoms with Crippen molar-refractivity contribution in [3.05, 3.63) is 126 Å². The van der Waals surface area contributed by atoms with Gasteiger partial charge in [-0.25, -0.2) is 9.79 Å². The minimum absolute atomic E-state index is 0.0586. The number of esters is 1. The first-order chi connectivity index (χ1) is 20.1. The maximum absolute atomic E-state index is 13.8. The summed E-state index contributed by atoms with van der Waals surface area (Å²) < 4.78 is 57.3. The maximum Gasteiger partial charge on any atom is 0.416 e. The fourth-order valence-corrected chi connectivity index (χ4v) is 5.77. The Morgan fingerprint density at radius 2 is 1.81 bits per heavy atom. The smallest absolute Gasteiger partial charge is 0.416 e. The van der Waals surface area contributed by atoms with Crippen LogP contribution in [0.25, 0.3) is 6.08 Å². The third kappa shape index (κ3) is 5.73. The van der Waals surface area contributed by atoms with E-state index in [1.54, 1.807) is 31.2 Å². The molecular formula is C31H25F3N2O5S. The number of aromatic nitrogens is 1. The Morgan fingerprint density at radius 3 is 2.50 bits per heavy atom. The molecule has 0 saturated heterocycles. The van der Waals surface area contributed by atoms with Gasteiger partial charge in [0.25, 0.3) is 5.56 Å². The minimum Gasteiger partial charge on any atom is -0.496 e. The van der Waals surface area contributed by atoms with Gasteiger partial charge in [-0.15, -0.1) is 0 Å². The topological polar surface area (TPSA) is 79.1 Å². The number of carbonyl (C=O) groups excluding carboxylic acids is 1. The highest BCUT2D eigenvalue weighted by Crippen LogP contribution is 2.32. The second-order valence-electron chi connectivity index (χ2n) is 9.37. The van der Waals surface area contributed by atoms with Gasteiger partial charge in [-0.1, -0.05) is 53.8 Å². The second-order valence-corrected chi connectivity index (χ2v) is 10.4. The summed E-state index contributed by atoms with van der Waals surface area (Å²) in [6.07, 6.45) is -2.80. The van der Waals surface area contributed by atoms with Crippen molar-refractivity contribution in [1.29, 1.82) is 0 Å². The number of allylic oxidation sites excluding steroid dienone is 1. The molecule has 42 heavy (non-hydrogen) atoms. The zero-order valence-electron chi connectivity index (χ0n) is 22.8. The monoisotopic (exact) mass is 594 g/mol. The summed E-state index contributed by atoms with van der Waals surface area (Å²) in [6, 6.07) is 18.3. The molecule has 216 valence electrons. The van der Waals surface area contributed by atoms with E-state index in [2.05, 4.69) is 4.99 Å². The summed E-state index contributed by atoms with van der Waals surface area (Å²) in [4.78, 5) is 31.5. The average molecular weight is 595 g/mol. The van der Waals surface area contributed by atoms with Gasteiger partial charge in [0.2, 0.25) is 0 Å². The van der Waals surface area contributed by atoms with E-state index in [0.29, 0.717) is 31.9 Å². The van der Waals surface area contributed by atoms with E-state index in [1.807, 2.05) is 30.3 Å². The first-order valence-electron chi connectivity index (χ1n) is 12.7. The van der Waals surface area contributed by atoms with Crippen molar-refractivity contribution >= 4 is 23.4 Å². The van der Waals surface area contributed by atoms with Gasteiger partial charge in [-0.05, 0) is 54.5 Å². The van der Waals surface area contributed by atoms with E-state index >= 15 is 0 Å². The molecule has 5 rings (SSSR count). The molecule has 3 aromatic carbocycles. The van der Waals surface area contributed by atoms with E-state index in [0.717, 1.165) is 17.7 Å². The minimum atomic E-state index is -4.49. The van der Waals surface area contributed by atoms with E-state index in [-0.39, 0.29) is 23.5 Å². The van der Waals surface area contributed by atoms with Crippen molar-refractivity contribution in [2.45, 2.75) is 25.7 Å². The standard InChI is InChI=1S/C31H25F3N2O5S/c1-18-26(29(38)40-3)27(20-8-5-4-6-9-20)36-28(37)25(42-30(36)35-18)15-19-12-13-24(39-2)21(14-19)17-41-23-11-7-10-22(16-23)31(32,33)34/h4-16,27H,17H2,1-3H3. The van der Waals surface area contributed by atoms with Crippen LogP contribution in [-0.4, -0.2) is 24.8 Å². The Balaban J connectivity index is 1.53. The van der Waals surface area contributed by atoms with Crippen LogP contribution in [0, 0.1) is 0 Å². The van der Waals surface area contributed by atoms with Crippen molar-refractivity contribution in [2.75, 3.05) is 14.2 Å². The molecular weight excluding hydrogens is 569 g/mol. The highest BCUT2D eigenvalue weighted by Gasteiger charge is 2.33. The number of carbonyl (C=O) groups is 1. The van der Waals surface area contributed by atoms with Crippen LogP contribution in [0.15, 0.2) is 93.9 Å². The molecule has 0 saturated carbocycles. The van der Waals surface area contributed by atoms with Crippen LogP contribution in [0.3, 0.4) is 0 Å². The number of halogens is 3. The number of benzene rings is 3. The number of alkyl halides is 3. The second kappa shape index (κ2) is 11.7. The number of ether oxygens (including phenoxy) is 3. The van der Waals surface area contributed by atoms with E-state index in [1.165, 1.54) is 42.3 Å². The lowest BCUT2D eigenvalue weighted by molar-refractivity contribution is -0.138. The molecule has 1 aromatic heterocycles. The van der Waals surface area contributed by atoms with Gasteiger partial charge >= 0.3 is 12.1 Å². The summed E-state index contributed by atoms with van der Waals surface area (Å²) in [5, 5.41) is 0. The molecule has 0 radical (unpaired) electrons. The number of thiazole rings is 1. The number of rotatable bonds is 7. The van der Waals surface area contributed by atoms with E-state index in [9.17, 15) is 22.8 Å². The Hall–Kier alpha value is -4.64. The van der Waals surface area contributed by atoms with Gasteiger partial charge in [0.1, 0.15) is 18.1 Å². The van der Waals surface area contributed by atoms with Crippen LogP contribution < -0.4 is 24.4 Å². The number of methoxy groups -OCH3 is 2. The molecule has 11 heteroatoms. The Kier molecular flexibility index (Phi) is 8.04. The van der Waals surface area contributed by atoms with Crippen LogP contribution in [0.2, 0.25) is 0 Å². The Bertz CT molecular complexity index is 1860. The molecule has 0 bridgehead atoms. The fourth-order valence-electron chi connectivity index (χ4n) is 4.72. The highest BCUT2D eigenvalue weighted by atomic mass is 32.1. The van der Waals surface area contributed by atoms with Crippen LogP contribution in [0.5, 0.6) is 11.5 Å². The molecule has 0 fully saturated rings. The lowest BCUT2D eigenvalue weighted by Gasteiger charge is -2.24. The van der Waals surface area contributed by atoms with Gasteiger partial charge in [0.05, 0.1) is 41.6 Å². The molecule has 0 amide bonds. The lowest BCUT2D eigenvalue weighted by Crippen LogP contribution is -2.39. The third-order valence-electron chi connectivity index (χ3n) is 6.70. The molecule has 1 aliphatic rings. The summed E-state index contributed by atoms with van der Waals surface area (Å²) in [5.41, 5.74) is 1.54. The predicted molar refractivity (Wildman–Crippen MR) is 151 cm³/mol. The summed E-state index contributed by atoms with van der Waals surface area (Å²) in [5.74, 6) is -0.0359. The van der Waals surface area contributed by atoms with E-state index in [4.69, 9.17) is 14.2 Å². The van der Waals surface area contributed by atoms with Crippen LogP contribution in [0.4, 0.5) is 13.2 Å². The zero-order valence-corrected chi connectivity index (χ0v) is 23.6. The molecule has 7 nitrogen and oxygen atoms in total. The summed E-state index contributed by atoms with van der Waals surface area (Å²) in [6.45, 7) is 1.64. The number of hydrogen-bond donors (Lipinski definition) is 0. The molecule has 0 aliphatic carbocycles. The first kappa shape index (κ1) is 28.9. The van der Waals surface area contributed by atoms with E-state index < -0.39 is 23.8 Å².